The van der Waals surface area contributed by atoms with E-state index in [1.165, 1.54) is 0 Å². The van der Waals surface area contributed by atoms with Crippen LogP contribution in [0.15, 0.2) is 0 Å². The molecule has 0 aliphatic carbocycles. The maximum atomic E-state index is 12.5. The van der Waals surface area contributed by atoms with E-state index in [0.717, 1.165) is 9.80 Å². The fourth-order valence-corrected chi connectivity index (χ4v) is 3.74. The fraction of sp³-hybridized carbons (Fsp3) is 0.636. The number of aliphatic carboxylic acids is 2. The number of esters is 2. The Hall–Kier alpha value is -3.92. The maximum absolute atomic E-state index is 12.5. The Bertz CT molecular complexity index is 885. The third kappa shape index (κ3) is 8.58. The first-order valence-electron chi connectivity index (χ1n) is 11.7. The van der Waals surface area contributed by atoms with E-state index in [-0.39, 0.29) is 26.2 Å². The van der Waals surface area contributed by atoms with Gasteiger partial charge in [0.05, 0.1) is 51.9 Å². The minimum Gasteiger partial charge on any atom is -0.481 e. The number of hydrogen-bond acceptors (Lipinski definition) is 12. The molecule has 2 fully saturated rings. The zero-order valence-corrected chi connectivity index (χ0v) is 21.0. The fourth-order valence-electron chi connectivity index (χ4n) is 3.74. The second-order valence-electron chi connectivity index (χ2n) is 8.80. The number of carboxylic acids is 2. The summed E-state index contributed by atoms with van der Waals surface area (Å²) in [5, 5.41) is 17.2. The SMILES string of the molecule is C[C@H]([C@H](C)N1CC(=O)N(COC(=O)CCC(=O)O)C(=O)C1)N1CC(=O)N(COC(=O)CCC(=O)O)C(=O)C1. The van der Waals surface area contributed by atoms with Crippen molar-refractivity contribution in [1.29, 1.82) is 0 Å². The molecule has 0 radical (unpaired) electrons. The summed E-state index contributed by atoms with van der Waals surface area (Å²) in [5.74, 6) is -6.62. The third-order valence-corrected chi connectivity index (χ3v) is 6.20. The predicted molar refractivity (Wildman–Crippen MR) is 121 cm³/mol. The van der Waals surface area contributed by atoms with E-state index >= 15 is 0 Å². The van der Waals surface area contributed by atoms with Crippen molar-refractivity contribution in [2.24, 2.45) is 0 Å². The molecule has 2 aliphatic heterocycles. The molecule has 38 heavy (non-hydrogen) atoms. The van der Waals surface area contributed by atoms with E-state index in [0.29, 0.717) is 0 Å². The van der Waals surface area contributed by atoms with Crippen LogP contribution in [-0.2, 0) is 47.8 Å². The summed E-state index contributed by atoms with van der Waals surface area (Å²) in [4.78, 5) is 99.0. The molecule has 2 saturated heterocycles. The summed E-state index contributed by atoms with van der Waals surface area (Å²) in [7, 11) is 0. The molecular weight excluding hydrogens is 512 g/mol. The van der Waals surface area contributed by atoms with Gasteiger partial charge in [-0.3, -0.25) is 48.2 Å². The number of carboxylic acid groups (broad SMARTS) is 2. The van der Waals surface area contributed by atoms with Crippen molar-refractivity contribution >= 4 is 47.5 Å². The Labute approximate surface area is 217 Å². The van der Waals surface area contributed by atoms with Crippen LogP contribution in [0.3, 0.4) is 0 Å². The molecule has 4 amide bonds. The Kier molecular flexibility index (Phi) is 10.8. The molecule has 0 spiro atoms. The highest BCUT2D eigenvalue weighted by Gasteiger charge is 2.40. The molecule has 210 valence electrons. The molecule has 0 aromatic heterocycles. The molecule has 2 N–H and O–H groups in total. The van der Waals surface area contributed by atoms with Gasteiger partial charge >= 0.3 is 23.9 Å². The summed E-state index contributed by atoms with van der Waals surface area (Å²) in [6.45, 7) is 1.41. The third-order valence-electron chi connectivity index (χ3n) is 6.20. The van der Waals surface area contributed by atoms with Crippen molar-refractivity contribution in [2.75, 3.05) is 39.6 Å². The van der Waals surface area contributed by atoms with Gasteiger partial charge in [0, 0.05) is 12.1 Å². The van der Waals surface area contributed by atoms with Gasteiger partial charge in [-0.1, -0.05) is 0 Å². The van der Waals surface area contributed by atoms with Gasteiger partial charge < -0.3 is 19.7 Å². The minimum absolute atomic E-state index is 0.196. The number of piperazine rings is 2. The van der Waals surface area contributed by atoms with Gasteiger partial charge in [0.25, 0.3) is 0 Å². The van der Waals surface area contributed by atoms with Crippen LogP contribution in [0.1, 0.15) is 39.5 Å². The van der Waals surface area contributed by atoms with E-state index in [1.807, 2.05) is 0 Å². The van der Waals surface area contributed by atoms with Crippen LogP contribution in [0, 0.1) is 0 Å². The summed E-state index contributed by atoms with van der Waals surface area (Å²) >= 11 is 0. The van der Waals surface area contributed by atoms with Crippen LogP contribution in [-0.4, -0.2) is 129 Å². The Balaban J connectivity index is 1.87. The Morgan fingerprint density at radius 1 is 0.632 bits per heavy atom. The first-order valence-corrected chi connectivity index (χ1v) is 11.7. The first kappa shape index (κ1) is 30.3. The van der Waals surface area contributed by atoms with Crippen LogP contribution in [0.5, 0.6) is 0 Å². The van der Waals surface area contributed by atoms with Gasteiger partial charge in [-0.25, -0.2) is 9.80 Å². The molecule has 16 heteroatoms. The summed E-state index contributed by atoms with van der Waals surface area (Å²) in [6, 6.07) is -0.909. The van der Waals surface area contributed by atoms with E-state index in [9.17, 15) is 38.4 Å². The molecule has 2 atom stereocenters. The molecule has 0 saturated carbocycles. The van der Waals surface area contributed by atoms with Crippen molar-refractivity contribution in [3.63, 3.8) is 0 Å². The van der Waals surface area contributed by atoms with E-state index in [2.05, 4.69) is 0 Å². The van der Waals surface area contributed by atoms with Crippen LogP contribution in [0.25, 0.3) is 0 Å². The Morgan fingerprint density at radius 3 is 1.18 bits per heavy atom. The quantitative estimate of drug-likeness (QED) is 0.188. The number of nitrogens with zero attached hydrogens (tertiary/aromatic N) is 4. The summed E-state index contributed by atoms with van der Waals surface area (Å²) in [6.07, 6.45) is -1.68. The lowest BCUT2D eigenvalue weighted by Gasteiger charge is -2.43. The molecule has 0 unspecified atom stereocenters. The van der Waals surface area contributed by atoms with Gasteiger partial charge in [0.2, 0.25) is 23.6 Å². The van der Waals surface area contributed by atoms with Gasteiger partial charge in [-0.2, -0.15) is 0 Å². The second kappa shape index (κ2) is 13.6. The number of hydrogen-bond donors (Lipinski definition) is 2. The topological polar surface area (TPSA) is 208 Å². The molecule has 2 aliphatic rings. The largest absolute Gasteiger partial charge is 0.481 e. The lowest BCUT2D eigenvalue weighted by atomic mass is 10.1. The maximum Gasteiger partial charge on any atom is 0.308 e. The second-order valence-corrected chi connectivity index (χ2v) is 8.80. The molecule has 0 bridgehead atoms. The lowest BCUT2D eigenvalue weighted by molar-refractivity contribution is -0.169. The van der Waals surface area contributed by atoms with Crippen LogP contribution in [0.4, 0.5) is 0 Å². The molecule has 0 aromatic carbocycles. The van der Waals surface area contributed by atoms with E-state index < -0.39 is 98.7 Å². The normalized spacial score (nSPS) is 18.8. The summed E-state index contributed by atoms with van der Waals surface area (Å²) in [5.41, 5.74) is 0. The first-order chi connectivity index (χ1) is 17.8. The molecule has 0 aromatic rings. The summed E-state index contributed by atoms with van der Waals surface area (Å²) < 4.78 is 9.64. The van der Waals surface area contributed by atoms with Gasteiger partial charge in [-0.15, -0.1) is 0 Å². The molecule has 16 nitrogen and oxygen atoms in total. The van der Waals surface area contributed by atoms with Crippen LogP contribution < -0.4 is 0 Å². The van der Waals surface area contributed by atoms with E-state index in [4.69, 9.17) is 19.7 Å². The molecule has 2 rings (SSSR count). The average Bonchev–Trinajstić information content (AvgIpc) is 2.83. The number of carbonyl (C=O) groups is 8. The zero-order valence-electron chi connectivity index (χ0n) is 21.0. The monoisotopic (exact) mass is 542 g/mol. The van der Waals surface area contributed by atoms with Gasteiger partial charge in [-0.05, 0) is 13.8 Å². The van der Waals surface area contributed by atoms with Crippen LogP contribution in [0.2, 0.25) is 0 Å². The van der Waals surface area contributed by atoms with Crippen molar-refractivity contribution in [3.05, 3.63) is 0 Å². The molecule has 2 heterocycles. The highest BCUT2D eigenvalue weighted by Crippen LogP contribution is 2.18. The molecular formula is C22H30N4O12. The standard InChI is InChI=1S/C22H30N4O12/c1-13(23-7-15(27)25(16(28)8-23)11-37-21(35)5-3-19(31)32)14(2)24-9-17(29)26(18(30)10-24)12-38-22(36)6-4-20(33)34/h13-14H,3-12H2,1-2H3,(H,31,32)(H,33,34)/t13-,14+. The smallest absolute Gasteiger partial charge is 0.308 e. The average molecular weight is 542 g/mol. The highest BCUT2D eigenvalue weighted by molar-refractivity contribution is 6.00. The Morgan fingerprint density at radius 2 is 0.921 bits per heavy atom. The van der Waals surface area contributed by atoms with Crippen molar-refractivity contribution < 1.29 is 58.0 Å². The van der Waals surface area contributed by atoms with E-state index in [1.54, 1.807) is 23.6 Å². The number of ether oxygens (including phenoxy) is 2. The lowest BCUT2D eigenvalue weighted by Crippen LogP contribution is -2.63. The van der Waals surface area contributed by atoms with Gasteiger partial charge in [0.1, 0.15) is 0 Å². The zero-order chi connectivity index (χ0) is 28.6. The van der Waals surface area contributed by atoms with Crippen molar-refractivity contribution in [3.8, 4) is 0 Å². The predicted octanol–water partition coefficient (Wildman–Crippen LogP) is -2.16. The van der Waals surface area contributed by atoms with Crippen molar-refractivity contribution in [1.82, 2.24) is 19.6 Å². The number of rotatable bonds is 13. The van der Waals surface area contributed by atoms with Gasteiger partial charge in [0.15, 0.2) is 13.5 Å². The highest BCUT2D eigenvalue weighted by atomic mass is 16.6. The number of amides is 4. The van der Waals surface area contributed by atoms with Crippen LogP contribution >= 0.6 is 0 Å². The number of imide groups is 2. The van der Waals surface area contributed by atoms with Crippen molar-refractivity contribution in [2.45, 2.75) is 51.6 Å². The minimum atomic E-state index is -1.19. The number of carbonyl (C=O) groups excluding carboxylic acids is 6.